The predicted octanol–water partition coefficient (Wildman–Crippen LogP) is -0.847. The van der Waals surface area contributed by atoms with Gasteiger partial charge in [0.2, 0.25) is 5.91 Å². The highest BCUT2D eigenvalue weighted by Gasteiger charge is 2.13. The predicted molar refractivity (Wildman–Crippen MR) is 50.1 cm³/mol. The molecule has 7 heteroatoms. The fourth-order valence-corrected chi connectivity index (χ4v) is 0.836. The van der Waals surface area contributed by atoms with Crippen LogP contribution in [0.2, 0.25) is 0 Å². The van der Waals surface area contributed by atoms with E-state index >= 15 is 0 Å². The summed E-state index contributed by atoms with van der Waals surface area (Å²) in [6.45, 7) is 0.0526. The third-order valence-corrected chi connectivity index (χ3v) is 1.70. The maximum absolute atomic E-state index is 11.3. The Hall–Kier alpha value is -1.92. The van der Waals surface area contributed by atoms with Crippen molar-refractivity contribution in [1.82, 2.24) is 19.7 Å². The van der Waals surface area contributed by atoms with Crippen LogP contribution in [0.4, 0.5) is 0 Å². The van der Waals surface area contributed by atoms with E-state index in [-0.39, 0.29) is 18.3 Å². The molecule has 82 valence electrons. The molecule has 0 unspecified atom stereocenters. The standard InChI is InChI=1S/C8H12N4O3/c1-11(2)6(13)4-12-5-9-7(10-12)8(14)15-3/h5H,4H2,1-3H3. The highest BCUT2D eigenvalue weighted by atomic mass is 16.5. The third-order valence-electron chi connectivity index (χ3n) is 1.70. The smallest absolute Gasteiger partial charge is 0.377 e. The van der Waals surface area contributed by atoms with Gasteiger partial charge in [0.15, 0.2) is 0 Å². The Balaban J connectivity index is 2.69. The van der Waals surface area contributed by atoms with Crippen molar-refractivity contribution >= 4 is 11.9 Å². The van der Waals surface area contributed by atoms with Crippen LogP contribution in [0.15, 0.2) is 6.33 Å². The lowest BCUT2D eigenvalue weighted by molar-refractivity contribution is -0.129. The van der Waals surface area contributed by atoms with Crippen molar-refractivity contribution in [3.63, 3.8) is 0 Å². The van der Waals surface area contributed by atoms with Gasteiger partial charge >= 0.3 is 5.97 Å². The summed E-state index contributed by atoms with van der Waals surface area (Å²) in [6.07, 6.45) is 1.31. The number of hydrogen-bond donors (Lipinski definition) is 0. The van der Waals surface area contributed by atoms with Gasteiger partial charge in [-0.25, -0.2) is 14.5 Å². The zero-order valence-electron chi connectivity index (χ0n) is 8.80. The molecule has 1 rings (SSSR count). The summed E-state index contributed by atoms with van der Waals surface area (Å²) in [7, 11) is 4.52. The van der Waals surface area contributed by atoms with E-state index in [0.29, 0.717) is 0 Å². The van der Waals surface area contributed by atoms with Crippen LogP contribution < -0.4 is 0 Å². The van der Waals surface area contributed by atoms with Gasteiger partial charge in [-0.05, 0) is 0 Å². The van der Waals surface area contributed by atoms with Crippen LogP contribution in [0.5, 0.6) is 0 Å². The second-order valence-electron chi connectivity index (χ2n) is 3.05. The Labute approximate surface area is 86.6 Å². The molecule has 0 N–H and O–H groups in total. The summed E-state index contributed by atoms with van der Waals surface area (Å²) in [5, 5.41) is 3.79. The number of ether oxygens (including phenoxy) is 1. The Morgan fingerprint density at radius 1 is 1.53 bits per heavy atom. The molecule has 0 atom stereocenters. The van der Waals surface area contributed by atoms with Gasteiger partial charge in [-0.1, -0.05) is 0 Å². The first-order valence-electron chi connectivity index (χ1n) is 4.22. The summed E-state index contributed by atoms with van der Waals surface area (Å²) < 4.78 is 5.72. The molecule has 1 aromatic heterocycles. The summed E-state index contributed by atoms with van der Waals surface area (Å²) in [4.78, 5) is 27.4. The third kappa shape index (κ3) is 2.76. The lowest BCUT2D eigenvalue weighted by Crippen LogP contribution is -2.26. The minimum atomic E-state index is -0.619. The average Bonchev–Trinajstić information content (AvgIpc) is 2.65. The molecular formula is C8H12N4O3. The van der Waals surface area contributed by atoms with Gasteiger partial charge in [0.05, 0.1) is 7.11 Å². The molecule has 0 bridgehead atoms. The molecule has 1 heterocycles. The van der Waals surface area contributed by atoms with Gasteiger partial charge in [0.1, 0.15) is 12.9 Å². The number of rotatable bonds is 3. The number of carbonyl (C=O) groups is 2. The maximum atomic E-state index is 11.3. The number of likely N-dealkylation sites (N-methyl/N-ethyl adjacent to an activating group) is 1. The molecule has 0 saturated heterocycles. The second kappa shape index (κ2) is 4.54. The fraction of sp³-hybridized carbons (Fsp3) is 0.500. The molecule has 0 fully saturated rings. The normalized spacial score (nSPS) is 9.80. The number of carbonyl (C=O) groups excluding carboxylic acids is 2. The minimum Gasteiger partial charge on any atom is -0.463 e. The Morgan fingerprint density at radius 2 is 2.20 bits per heavy atom. The van der Waals surface area contributed by atoms with Crippen LogP contribution in [0.3, 0.4) is 0 Å². The van der Waals surface area contributed by atoms with E-state index in [9.17, 15) is 9.59 Å². The van der Waals surface area contributed by atoms with E-state index in [4.69, 9.17) is 0 Å². The van der Waals surface area contributed by atoms with Crippen LogP contribution in [0.25, 0.3) is 0 Å². The SMILES string of the molecule is COC(=O)c1ncn(CC(=O)N(C)C)n1. The van der Waals surface area contributed by atoms with Crippen LogP contribution in [0.1, 0.15) is 10.6 Å². The van der Waals surface area contributed by atoms with Gasteiger partial charge in [-0.15, -0.1) is 5.10 Å². The molecular weight excluding hydrogens is 200 g/mol. The maximum Gasteiger partial charge on any atom is 0.377 e. The first-order valence-corrected chi connectivity index (χ1v) is 4.22. The summed E-state index contributed by atoms with van der Waals surface area (Å²) in [5.74, 6) is -0.800. The van der Waals surface area contributed by atoms with Crippen molar-refractivity contribution in [1.29, 1.82) is 0 Å². The van der Waals surface area contributed by atoms with Crippen molar-refractivity contribution in [3.8, 4) is 0 Å². The monoisotopic (exact) mass is 212 g/mol. The molecule has 0 aliphatic rings. The molecule has 0 spiro atoms. The zero-order chi connectivity index (χ0) is 11.4. The van der Waals surface area contributed by atoms with Crippen molar-refractivity contribution < 1.29 is 14.3 Å². The first-order chi connectivity index (χ1) is 7.04. The number of methoxy groups -OCH3 is 1. The molecule has 15 heavy (non-hydrogen) atoms. The van der Waals surface area contributed by atoms with Crippen molar-refractivity contribution in [2.24, 2.45) is 0 Å². The van der Waals surface area contributed by atoms with E-state index in [1.54, 1.807) is 14.1 Å². The van der Waals surface area contributed by atoms with E-state index in [2.05, 4.69) is 14.8 Å². The largest absolute Gasteiger partial charge is 0.463 e. The van der Waals surface area contributed by atoms with E-state index in [0.717, 1.165) is 0 Å². The highest BCUT2D eigenvalue weighted by Crippen LogP contribution is 1.93. The van der Waals surface area contributed by atoms with Gasteiger partial charge in [-0.3, -0.25) is 4.79 Å². The molecule has 0 aliphatic carbocycles. The van der Waals surface area contributed by atoms with Crippen molar-refractivity contribution in [2.75, 3.05) is 21.2 Å². The summed E-state index contributed by atoms with van der Waals surface area (Å²) in [6, 6.07) is 0. The quantitative estimate of drug-likeness (QED) is 0.610. The molecule has 0 aliphatic heterocycles. The Kier molecular flexibility index (Phi) is 3.37. The molecule has 1 amide bonds. The van der Waals surface area contributed by atoms with Gasteiger partial charge in [0, 0.05) is 14.1 Å². The van der Waals surface area contributed by atoms with Crippen LogP contribution >= 0.6 is 0 Å². The summed E-state index contributed by atoms with van der Waals surface area (Å²) >= 11 is 0. The van der Waals surface area contributed by atoms with Crippen LogP contribution in [0, 0.1) is 0 Å². The fourth-order valence-electron chi connectivity index (χ4n) is 0.836. The number of amides is 1. The van der Waals surface area contributed by atoms with Gasteiger partial charge < -0.3 is 9.64 Å². The zero-order valence-corrected chi connectivity index (χ0v) is 8.80. The molecule has 0 aromatic carbocycles. The summed E-state index contributed by atoms with van der Waals surface area (Å²) in [5.41, 5.74) is 0. The lowest BCUT2D eigenvalue weighted by Gasteiger charge is -2.08. The van der Waals surface area contributed by atoms with E-state index < -0.39 is 5.97 Å². The Morgan fingerprint density at radius 3 is 2.73 bits per heavy atom. The molecule has 0 radical (unpaired) electrons. The van der Waals surface area contributed by atoms with Crippen molar-refractivity contribution in [2.45, 2.75) is 6.54 Å². The number of aromatic nitrogens is 3. The molecule has 7 nitrogen and oxygen atoms in total. The van der Waals surface area contributed by atoms with Gasteiger partial charge in [-0.2, -0.15) is 0 Å². The topological polar surface area (TPSA) is 77.3 Å². The molecule has 1 aromatic rings. The molecule has 0 saturated carbocycles. The van der Waals surface area contributed by atoms with E-state index in [1.165, 1.54) is 23.0 Å². The average molecular weight is 212 g/mol. The lowest BCUT2D eigenvalue weighted by atomic mass is 10.5. The highest BCUT2D eigenvalue weighted by molar-refractivity contribution is 5.84. The van der Waals surface area contributed by atoms with Crippen LogP contribution in [-0.4, -0.2) is 52.7 Å². The van der Waals surface area contributed by atoms with Crippen molar-refractivity contribution in [3.05, 3.63) is 12.2 Å². The van der Waals surface area contributed by atoms with E-state index in [1.807, 2.05) is 0 Å². The van der Waals surface area contributed by atoms with Crippen LogP contribution in [-0.2, 0) is 16.1 Å². The van der Waals surface area contributed by atoms with Gasteiger partial charge in [0.25, 0.3) is 5.82 Å². The number of nitrogens with zero attached hydrogens (tertiary/aromatic N) is 4. The number of hydrogen-bond acceptors (Lipinski definition) is 5. The number of esters is 1. The Bertz CT molecular complexity index is 372. The minimum absolute atomic E-state index is 0.0518. The first kappa shape index (κ1) is 11.2. The second-order valence-corrected chi connectivity index (χ2v) is 3.05.